The van der Waals surface area contributed by atoms with Gasteiger partial charge in [0.05, 0.1) is 22.7 Å². The number of nitrogens with zero attached hydrogens (tertiary/aromatic N) is 2. The summed E-state index contributed by atoms with van der Waals surface area (Å²) in [5, 5.41) is 0. The molecule has 0 unspecified atom stereocenters. The highest BCUT2D eigenvalue weighted by molar-refractivity contribution is 9.10. The van der Waals surface area contributed by atoms with Gasteiger partial charge in [-0.1, -0.05) is 22.9 Å². The number of alkyl halides is 1. The van der Waals surface area contributed by atoms with Crippen molar-refractivity contribution in [2.45, 2.75) is 19.3 Å². The van der Waals surface area contributed by atoms with Crippen LogP contribution in [0, 0.1) is 0 Å². The Morgan fingerprint density at radius 3 is 2.79 bits per heavy atom. The number of halogens is 2. The van der Waals surface area contributed by atoms with Crippen LogP contribution in [0.5, 0.6) is 0 Å². The fraction of sp³-hybridized carbons (Fsp3) is 0.417. The molecule has 0 aliphatic rings. The molecule has 1 aromatic carbocycles. The van der Waals surface area contributed by atoms with Crippen molar-refractivity contribution in [1.29, 1.82) is 0 Å². The maximum Gasteiger partial charge on any atom is 0.151 e. The predicted octanol–water partition coefficient (Wildman–Crippen LogP) is 2.97. The third-order valence-electron chi connectivity index (χ3n) is 2.97. The number of hydrogen-bond donors (Lipinski definition) is 0. The van der Waals surface area contributed by atoms with E-state index in [1.165, 1.54) is 0 Å². The minimum Gasteiger partial charge on any atom is -0.326 e. The first-order valence-corrected chi connectivity index (χ1v) is 9.03. The number of aryl methyl sites for hydroxylation is 1. The second kappa shape index (κ2) is 5.81. The molecular weight excluding hydrogens is 352 g/mol. The predicted molar refractivity (Wildman–Crippen MR) is 81.3 cm³/mol. The van der Waals surface area contributed by atoms with E-state index in [0.717, 1.165) is 15.5 Å². The average Bonchev–Trinajstić information content (AvgIpc) is 2.73. The van der Waals surface area contributed by atoms with Crippen LogP contribution in [0.3, 0.4) is 0 Å². The summed E-state index contributed by atoms with van der Waals surface area (Å²) in [4.78, 5) is 4.42. The monoisotopic (exact) mass is 364 g/mol. The second-order valence-corrected chi connectivity index (χ2v) is 7.84. The van der Waals surface area contributed by atoms with E-state index >= 15 is 0 Å². The second-order valence-electron chi connectivity index (χ2n) is 4.18. The van der Waals surface area contributed by atoms with Crippen LogP contribution in [0.4, 0.5) is 0 Å². The summed E-state index contributed by atoms with van der Waals surface area (Å²) in [6.07, 6.45) is 0. The van der Waals surface area contributed by atoms with Crippen LogP contribution < -0.4 is 0 Å². The van der Waals surface area contributed by atoms with Gasteiger partial charge in [0.25, 0.3) is 0 Å². The topological polar surface area (TPSA) is 52.0 Å². The largest absolute Gasteiger partial charge is 0.326 e. The van der Waals surface area contributed by atoms with Gasteiger partial charge in [0, 0.05) is 16.8 Å². The fourth-order valence-electron chi connectivity index (χ4n) is 1.88. The third-order valence-corrected chi connectivity index (χ3v) is 5.39. The Hall–Kier alpha value is -0.590. The first-order chi connectivity index (χ1) is 8.96. The quantitative estimate of drug-likeness (QED) is 0.765. The molecule has 0 aliphatic carbocycles. The molecule has 0 amide bonds. The third kappa shape index (κ3) is 3.30. The highest BCUT2D eigenvalue weighted by atomic mass is 79.9. The molecule has 0 saturated carbocycles. The molecule has 104 valence electrons. The maximum atomic E-state index is 11.6. The number of imidazole rings is 1. The van der Waals surface area contributed by atoms with Crippen molar-refractivity contribution >= 4 is 48.4 Å². The Labute approximate surface area is 125 Å². The molecule has 0 N–H and O–H groups in total. The zero-order chi connectivity index (χ0) is 14.0. The summed E-state index contributed by atoms with van der Waals surface area (Å²) in [6.45, 7) is 2.04. The minimum atomic E-state index is -3.00. The molecule has 1 aromatic heterocycles. The van der Waals surface area contributed by atoms with E-state index in [0.29, 0.717) is 12.4 Å². The normalized spacial score (nSPS) is 12.2. The van der Waals surface area contributed by atoms with Gasteiger partial charge in [-0.25, -0.2) is 13.4 Å². The Morgan fingerprint density at radius 2 is 2.16 bits per heavy atom. The molecule has 0 saturated heterocycles. The Morgan fingerprint density at radius 1 is 1.42 bits per heavy atom. The van der Waals surface area contributed by atoms with Crippen LogP contribution in [-0.2, 0) is 22.3 Å². The standard InChI is InChI=1S/C12H14BrClN2O2S/c1-2-19(17,18)6-5-16-11-4-3-9(13)7-10(11)15-12(16)8-14/h3-4,7H,2,5-6,8H2,1H3. The molecular formula is C12H14BrClN2O2S. The van der Waals surface area contributed by atoms with Crippen LogP contribution >= 0.6 is 27.5 Å². The lowest BCUT2D eigenvalue weighted by atomic mass is 10.3. The number of fused-ring (bicyclic) bond motifs is 1. The van der Waals surface area contributed by atoms with Gasteiger partial charge in [0.1, 0.15) is 5.82 Å². The van der Waals surface area contributed by atoms with Crippen molar-refractivity contribution in [3.8, 4) is 0 Å². The molecule has 0 spiro atoms. The molecule has 1 heterocycles. The zero-order valence-electron chi connectivity index (χ0n) is 10.4. The number of hydrogen-bond acceptors (Lipinski definition) is 3. The van der Waals surface area contributed by atoms with Crippen LogP contribution in [0.15, 0.2) is 22.7 Å². The lowest BCUT2D eigenvalue weighted by Gasteiger charge is -2.07. The number of sulfone groups is 1. The molecule has 2 aromatic rings. The summed E-state index contributed by atoms with van der Waals surface area (Å²) < 4.78 is 26.0. The molecule has 19 heavy (non-hydrogen) atoms. The lowest BCUT2D eigenvalue weighted by Crippen LogP contribution is -2.15. The average molecular weight is 366 g/mol. The van der Waals surface area contributed by atoms with Gasteiger partial charge < -0.3 is 4.57 Å². The molecule has 0 aliphatic heterocycles. The Kier molecular flexibility index (Phi) is 4.53. The summed E-state index contributed by atoms with van der Waals surface area (Å²) in [6, 6.07) is 5.73. The molecule has 2 rings (SSSR count). The molecule has 4 nitrogen and oxygen atoms in total. The van der Waals surface area contributed by atoms with Gasteiger partial charge in [0.2, 0.25) is 0 Å². The Balaban J connectivity index is 2.41. The van der Waals surface area contributed by atoms with Crippen LogP contribution in [0.25, 0.3) is 11.0 Å². The van der Waals surface area contributed by atoms with Crippen LogP contribution in [0.1, 0.15) is 12.7 Å². The van der Waals surface area contributed by atoms with E-state index in [9.17, 15) is 8.42 Å². The highest BCUT2D eigenvalue weighted by Crippen LogP contribution is 2.22. The van der Waals surface area contributed by atoms with E-state index < -0.39 is 9.84 Å². The number of benzene rings is 1. The smallest absolute Gasteiger partial charge is 0.151 e. The molecule has 0 radical (unpaired) electrons. The van der Waals surface area contributed by atoms with Gasteiger partial charge >= 0.3 is 0 Å². The van der Waals surface area contributed by atoms with Crippen molar-refractivity contribution in [2.24, 2.45) is 0 Å². The SMILES string of the molecule is CCS(=O)(=O)CCn1c(CCl)nc2cc(Br)ccc21. The van der Waals surface area contributed by atoms with E-state index in [1.807, 2.05) is 22.8 Å². The summed E-state index contributed by atoms with van der Waals surface area (Å²) in [5.74, 6) is 1.22. The molecule has 0 atom stereocenters. The van der Waals surface area contributed by atoms with E-state index in [4.69, 9.17) is 11.6 Å². The van der Waals surface area contributed by atoms with Crippen molar-refractivity contribution < 1.29 is 8.42 Å². The van der Waals surface area contributed by atoms with Crippen molar-refractivity contribution in [3.05, 3.63) is 28.5 Å². The lowest BCUT2D eigenvalue weighted by molar-refractivity contribution is 0.590. The highest BCUT2D eigenvalue weighted by Gasteiger charge is 2.13. The number of rotatable bonds is 5. The van der Waals surface area contributed by atoms with Gasteiger partial charge in [-0.05, 0) is 18.2 Å². The minimum absolute atomic E-state index is 0.106. The molecule has 0 bridgehead atoms. The van der Waals surface area contributed by atoms with Gasteiger partial charge in [-0.3, -0.25) is 0 Å². The van der Waals surface area contributed by atoms with Crippen molar-refractivity contribution in [1.82, 2.24) is 9.55 Å². The van der Waals surface area contributed by atoms with Crippen molar-refractivity contribution in [2.75, 3.05) is 11.5 Å². The first kappa shape index (κ1) is 14.8. The van der Waals surface area contributed by atoms with Crippen molar-refractivity contribution in [3.63, 3.8) is 0 Å². The molecule has 0 fully saturated rings. The number of aromatic nitrogens is 2. The first-order valence-electron chi connectivity index (χ1n) is 5.88. The zero-order valence-corrected chi connectivity index (χ0v) is 13.6. The van der Waals surface area contributed by atoms with Gasteiger partial charge in [-0.2, -0.15) is 0 Å². The fourth-order valence-corrected chi connectivity index (χ4v) is 3.18. The van der Waals surface area contributed by atoms with E-state index in [-0.39, 0.29) is 17.4 Å². The summed E-state index contributed by atoms with van der Waals surface area (Å²) >= 11 is 9.27. The van der Waals surface area contributed by atoms with E-state index in [2.05, 4.69) is 20.9 Å². The summed E-state index contributed by atoms with van der Waals surface area (Å²) in [5.41, 5.74) is 1.73. The van der Waals surface area contributed by atoms with Gasteiger partial charge in [0.15, 0.2) is 9.84 Å². The molecule has 7 heteroatoms. The Bertz CT molecular complexity index is 697. The van der Waals surface area contributed by atoms with Gasteiger partial charge in [-0.15, -0.1) is 11.6 Å². The van der Waals surface area contributed by atoms with Crippen LogP contribution in [0.2, 0.25) is 0 Å². The van der Waals surface area contributed by atoms with Crippen LogP contribution in [-0.4, -0.2) is 29.5 Å². The maximum absolute atomic E-state index is 11.6. The van der Waals surface area contributed by atoms with E-state index in [1.54, 1.807) is 6.92 Å². The summed E-state index contributed by atoms with van der Waals surface area (Å²) in [7, 11) is -3.00.